The smallest absolute Gasteiger partial charge is 0.255 e. The van der Waals surface area contributed by atoms with Crippen molar-refractivity contribution in [3.8, 4) is 0 Å². The van der Waals surface area contributed by atoms with Crippen LogP contribution >= 0.6 is 0 Å². The zero-order valence-electron chi connectivity index (χ0n) is 18.4. The van der Waals surface area contributed by atoms with Gasteiger partial charge in [-0.1, -0.05) is 0 Å². The minimum Gasteiger partial charge on any atom is -0.366 e. The quantitative estimate of drug-likeness (QED) is 0.799. The fourth-order valence-electron chi connectivity index (χ4n) is 5.31. The lowest BCUT2D eigenvalue weighted by molar-refractivity contribution is -0.114. The normalized spacial score (nSPS) is 19.2. The van der Waals surface area contributed by atoms with Gasteiger partial charge in [-0.05, 0) is 56.2 Å². The van der Waals surface area contributed by atoms with E-state index >= 15 is 0 Å². The zero-order chi connectivity index (χ0) is 22.6. The van der Waals surface area contributed by atoms with Crippen molar-refractivity contribution in [3.63, 3.8) is 0 Å². The maximum atomic E-state index is 13.1. The van der Waals surface area contributed by atoms with Crippen LogP contribution in [0.2, 0.25) is 0 Å². The number of pyridine rings is 1. The molecule has 2 amide bonds. The number of aromatic nitrogens is 3. The summed E-state index contributed by atoms with van der Waals surface area (Å²) >= 11 is 0. The summed E-state index contributed by atoms with van der Waals surface area (Å²) in [4.78, 5) is 43.8. The van der Waals surface area contributed by atoms with Gasteiger partial charge in [0.25, 0.3) is 5.91 Å². The van der Waals surface area contributed by atoms with Crippen molar-refractivity contribution in [1.29, 1.82) is 0 Å². The van der Waals surface area contributed by atoms with Crippen LogP contribution in [0.1, 0.15) is 76.8 Å². The van der Waals surface area contributed by atoms with E-state index in [0.29, 0.717) is 37.1 Å². The Morgan fingerprint density at radius 3 is 2.59 bits per heavy atom. The van der Waals surface area contributed by atoms with Gasteiger partial charge in [-0.3, -0.25) is 24.0 Å². The average Bonchev–Trinajstić information content (AvgIpc) is 3.37. The molecule has 2 N–H and O–H groups in total. The standard InChI is InChI=1S/C24H27N5O3/c1-14(2)29-21-18(13-27-29)10-24(11-20(21)30)3-5-28(6-4-24)23(32)17-8-15-7-16(22(25)31)9-19(15)26-12-17/h7-8,12-14H,3-6,9-11H2,1-2H3,(H2,25,31). The number of fused-ring (bicyclic) bond motifs is 2. The molecule has 0 saturated carbocycles. The Labute approximate surface area is 186 Å². The number of nitrogens with two attached hydrogens (primary N) is 1. The van der Waals surface area contributed by atoms with Crippen LogP contribution in [0.25, 0.3) is 6.08 Å². The molecule has 166 valence electrons. The first-order chi connectivity index (χ1) is 15.3. The third kappa shape index (κ3) is 3.34. The van der Waals surface area contributed by atoms with Crippen molar-refractivity contribution >= 4 is 23.7 Å². The fraction of sp³-hybridized carbons (Fsp3) is 0.458. The van der Waals surface area contributed by atoms with Gasteiger partial charge in [0.15, 0.2) is 5.78 Å². The third-order valence-corrected chi connectivity index (χ3v) is 7.09. The number of rotatable bonds is 3. The summed E-state index contributed by atoms with van der Waals surface area (Å²) in [7, 11) is 0. The molecule has 1 saturated heterocycles. The van der Waals surface area contributed by atoms with E-state index in [-0.39, 0.29) is 23.1 Å². The Balaban J connectivity index is 1.29. The lowest BCUT2D eigenvalue weighted by Crippen LogP contribution is -2.46. The van der Waals surface area contributed by atoms with E-state index in [1.54, 1.807) is 18.3 Å². The molecule has 2 aromatic rings. The summed E-state index contributed by atoms with van der Waals surface area (Å²) in [5.41, 5.74) is 9.66. The van der Waals surface area contributed by atoms with Gasteiger partial charge < -0.3 is 10.6 Å². The van der Waals surface area contributed by atoms with Crippen LogP contribution in [0.15, 0.2) is 24.0 Å². The van der Waals surface area contributed by atoms with E-state index in [9.17, 15) is 14.4 Å². The summed E-state index contributed by atoms with van der Waals surface area (Å²) in [6.07, 6.45) is 8.49. The van der Waals surface area contributed by atoms with Gasteiger partial charge in [-0.25, -0.2) is 0 Å². The number of carbonyl (C=O) groups excluding carboxylic acids is 3. The molecule has 5 rings (SSSR count). The predicted molar refractivity (Wildman–Crippen MR) is 118 cm³/mol. The second-order valence-electron chi connectivity index (χ2n) is 9.60. The maximum Gasteiger partial charge on any atom is 0.255 e. The number of Topliss-reactive ketones (excluding diaryl/α,β-unsaturated/α-hetero) is 1. The molecule has 1 fully saturated rings. The fourth-order valence-corrected chi connectivity index (χ4v) is 5.31. The number of ketones is 1. The molecule has 0 unspecified atom stereocenters. The SMILES string of the molecule is CC(C)n1ncc2c1C(=O)CC1(CCN(C(=O)c3cnc4c(c3)C=C(C(N)=O)C4)CC1)C2. The van der Waals surface area contributed by atoms with Crippen molar-refractivity contribution in [1.82, 2.24) is 19.7 Å². The molecule has 1 spiro atoms. The molecule has 0 aromatic carbocycles. The Kier molecular flexibility index (Phi) is 4.76. The Hall–Kier alpha value is -3.29. The number of piperidine rings is 1. The second-order valence-corrected chi connectivity index (χ2v) is 9.60. The lowest BCUT2D eigenvalue weighted by Gasteiger charge is -2.43. The molecule has 8 heteroatoms. The molecule has 0 atom stereocenters. The first-order valence-electron chi connectivity index (χ1n) is 11.1. The molecule has 8 nitrogen and oxygen atoms in total. The van der Waals surface area contributed by atoms with E-state index in [0.717, 1.165) is 41.8 Å². The molecular weight excluding hydrogens is 406 g/mol. The summed E-state index contributed by atoms with van der Waals surface area (Å²) in [6, 6.07) is 1.95. The predicted octanol–water partition coefficient (Wildman–Crippen LogP) is 2.34. The van der Waals surface area contributed by atoms with E-state index in [4.69, 9.17) is 5.73 Å². The van der Waals surface area contributed by atoms with Crippen molar-refractivity contribution < 1.29 is 14.4 Å². The lowest BCUT2D eigenvalue weighted by atomic mass is 9.67. The average molecular weight is 434 g/mol. The van der Waals surface area contributed by atoms with Crippen molar-refractivity contribution in [2.75, 3.05) is 13.1 Å². The molecule has 32 heavy (non-hydrogen) atoms. The molecule has 3 aliphatic rings. The van der Waals surface area contributed by atoms with Crippen LogP contribution in [0.4, 0.5) is 0 Å². The monoisotopic (exact) mass is 433 g/mol. The van der Waals surface area contributed by atoms with Gasteiger partial charge in [0.05, 0.1) is 17.5 Å². The number of nitrogens with zero attached hydrogens (tertiary/aromatic N) is 4. The van der Waals surface area contributed by atoms with Gasteiger partial charge in [-0.15, -0.1) is 0 Å². The molecule has 0 radical (unpaired) electrons. The number of hydrogen-bond acceptors (Lipinski definition) is 5. The summed E-state index contributed by atoms with van der Waals surface area (Å²) in [5, 5.41) is 4.44. The first-order valence-corrected chi connectivity index (χ1v) is 11.1. The van der Waals surface area contributed by atoms with Crippen LogP contribution in [0, 0.1) is 5.41 Å². The number of likely N-dealkylation sites (tertiary alicyclic amines) is 1. The van der Waals surface area contributed by atoms with Gasteiger partial charge in [0.1, 0.15) is 5.69 Å². The highest BCUT2D eigenvalue weighted by molar-refractivity contribution is 6.00. The third-order valence-electron chi connectivity index (χ3n) is 7.09. The van der Waals surface area contributed by atoms with Gasteiger partial charge >= 0.3 is 0 Å². The minimum atomic E-state index is -0.457. The van der Waals surface area contributed by atoms with E-state index < -0.39 is 5.91 Å². The number of amides is 2. The zero-order valence-corrected chi connectivity index (χ0v) is 18.4. The van der Waals surface area contributed by atoms with Crippen molar-refractivity contribution in [2.24, 2.45) is 11.1 Å². The van der Waals surface area contributed by atoms with Crippen LogP contribution < -0.4 is 5.73 Å². The van der Waals surface area contributed by atoms with Gasteiger partial charge in [-0.2, -0.15) is 5.10 Å². The van der Waals surface area contributed by atoms with E-state index in [2.05, 4.69) is 10.1 Å². The molecule has 0 bridgehead atoms. The number of carbonyl (C=O) groups is 3. The topological polar surface area (TPSA) is 111 Å². The van der Waals surface area contributed by atoms with Crippen molar-refractivity contribution in [2.45, 2.75) is 52.0 Å². The van der Waals surface area contributed by atoms with Crippen LogP contribution in [0.3, 0.4) is 0 Å². The minimum absolute atomic E-state index is 0.0634. The summed E-state index contributed by atoms with van der Waals surface area (Å²) in [6.45, 7) is 5.29. The van der Waals surface area contributed by atoms with Crippen LogP contribution in [0.5, 0.6) is 0 Å². The maximum absolute atomic E-state index is 13.1. The molecule has 1 aliphatic heterocycles. The Morgan fingerprint density at radius 2 is 1.91 bits per heavy atom. The molecular formula is C24H27N5O3. The summed E-state index contributed by atoms with van der Waals surface area (Å²) < 4.78 is 1.84. The van der Waals surface area contributed by atoms with Gasteiger partial charge in [0, 0.05) is 49.3 Å². The second kappa shape index (κ2) is 7.39. The first kappa shape index (κ1) is 20.6. The highest BCUT2D eigenvalue weighted by Crippen LogP contribution is 2.44. The number of hydrogen-bond donors (Lipinski definition) is 1. The Morgan fingerprint density at radius 1 is 1.16 bits per heavy atom. The highest BCUT2D eigenvalue weighted by Gasteiger charge is 2.43. The van der Waals surface area contributed by atoms with Crippen LogP contribution in [-0.2, 0) is 17.6 Å². The van der Waals surface area contributed by atoms with Gasteiger partial charge in [0.2, 0.25) is 5.91 Å². The van der Waals surface area contributed by atoms with Crippen molar-refractivity contribution in [3.05, 3.63) is 52.1 Å². The number of primary amides is 1. The Bertz CT molecular complexity index is 1170. The van der Waals surface area contributed by atoms with Crippen LogP contribution in [-0.4, -0.2) is 50.4 Å². The van der Waals surface area contributed by atoms with E-state index in [1.807, 2.05) is 29.6 Å². The molecule has 3 heterocycles. The molecule has 2 aliphatic carbocycles. The summed E-state index contributed by atoms with van der Waals surface area (Å²) in [5.74, 6) is -0.357. The van der Waals surface area contributed by atoms with E-state index in [1.165, 1.54) is 0 Å². The highest BCUT2D eigenvalue weighted by atomic mass is 16.2. The molecule has 2 aromatic heterocycles. The largest absolute Gasteiger partial charge is 0.366 e.